The third-order valence-electron chi connectivity index (χ3n) is 4.23. The van der Waals surface area contributed by atoms with Crippen molar-refractivity contribution >= 4 is 23.5 Å². The summed E-state index contributed by atoms with van der Waals surface area (Å²) in [6.07, 6.45) is 1.44. The summed E-state index contributed by atoms with van der Waals surface area (Å²) in [5.41, 5.74) is 3.53. The van der Waals surface area contributed by atoms with Crippen molar-refractivity contribution in [1.82, 2.24) is 5.43 Å². The number of nitro groups is 2. The third kappa shape index (κ3) is 5.26. The predicted octanol–water partition coefficient (Wildman–Crippen LogP) is 4.37. The third-order valence-corrected chi connectivity index (χ3v) is 4.23. The van der Waals surface area contributed by atoms with E-state index in [9.17, 15) is 25.0 Å². The van der Waals surface area contributed by atoms with Crippen molar-refractivity contribution in [3.63, 3.8) is 0 Å². The molecule has 0 bridgehead atoms. The fourth-order valence-corrected chi connectivity index (χ4v) is 2.65. The fourth-order valence-electron chi connectivity index (χ4n) is 2.65. The normalized spacial score (nSPS) is 10.6. The lowest BCUT2D eigenvalue weighted by Gasteiger charge is -2.06. The van der Waals surface area contributed by atoms with E-state index in [-0.39, 0.29) is 17.4 Å². The molecule has 0 aromatic heterocycles. The number of ether oxygens (including phenoxy) is 1. The number of hydrazone groups is 1. The molecule has 0 aliphatic heterocycles. The van der Waals surface area contributed by atoms with Gasteiger partial charge in [-0.25, -0.2) is 5.43 Å². The maximum Gasteiger partial charge on any atom is 0.318 e. The molecule has 0 spiro atoms. The number of aryl methyl sites for hydroxylation is 1. The Balaban J connectivity index is 1.67. The van der Waals surface area contributed by atoms with Crippen LogP contribution in [-0.4, -0.2) is 22.0 Å². The van der Waals surface area contributed by atoms with E-state index in [4.69, 9.17) is 4.74 Å². The highest BCUT2D eigenvalue weighted by atomic mass is 16.6. The zero-order valence-electron chi connectivity index (χ0n) is 16.2. The van der Waals surface area contributed by atoms with E-state index in [1.807, 2.05) is 19.1 Å². The number of hydrogen-bond donors (Lipinski definition) is 1. The van der Waals surface area contributed by atoms with Crippen molar-refractivity contribution in [1.29, 1.82) is 0 Å². The zero-order valence-corrected chi connectivity index (χ0v) is 16.2. The minimum absolute atomic E-state index is 0.123. The van der Waals surface area contributed by atoms with E-state index < -0.39 is 21.2 Å². The molecule has 0 aliphatic rings. The SMILES string of the molecule is Cc1ccccc1C(=O)N/N=C/c1ccc(Oc2ccc([N+](=O)[O-])cc2[N+](=O)[O-])cc1. The van der Waals surface area contributed by atoms with Crippen LogP contribution in [0.5, 0.6) is 11.5 Å². The maximum atomic E-state index is 12.1. The molecule has 0 heterocycles. The first-order valence-electron chi connectivity index (χ1n) is 8.95. The first-order chi connectivity index (χ1) is 14.8. The molecule has 10 heteroatoms. The smallest absolute Gasteiger partial charge is 0.318 e. The van der Waals surface area contributed by atoms with Gasteiger partial charge in [0.15, 0.2) is 0 Å². The van der Waals surface area contributed by atoms with Gasteiger partial charge >= 0.3 is 5.69 Å². The Labute approximate surface area is 176 Å². The molecule has 0 saturated carbocycles. The van der Waals surface area contributed by atoms with Crippen LogP contribution < -0.4 is 10.2 Å². The zero-order chi connectivity index (χ0) is 22.4. The average molecular weight is 420 g/mol. The van der Waals surface area contributed by atoms with Gasteiger partial charge in [0.1, 0.15) is 5.75 Å². The molecule has 156 valence electrons. The number of carbonyl (C=O) groups is 1. The van der Waals surface area contributed by atoms with Crippen LogP contribution in [0, 0.1) is 27.2 Å². The van der Waals surface area contributed by atoms with Crippen LogP contribution >= 0.6 is 0 Å². The largest absolute Gasteiger partial charge is 0.450 e. The summed E-state index contributed by atoms with van der Waals surface area (Å²) >= 11 is 0. The molecule has 31 heavy (non-hydrogen) atoms. The lowest BCUT2D eigenvalue weighted by atomic mass is 10.1. The Morgan fingerprint density at radius 2 is 1.71 bits per heavy atom. The number of hydrogen-bond acceptors (Lipinski definition) is 7. The number of rotatable bonds is 7. The molecule has 0 fully saturated rings. The topological polar surface area (TPSA) is 137 Å². The molecule has 0 saturated heterocycles. The highest BCUT2D eigenvalue weighted by molar-refractivity contribution is 5.96. The lowest BCUT2D eigenvalue weighted by molar-refractivity contribution is -0.394. The van der Waals surface area contributed by atoms with E-state index in [1.165, 1.54) is 12.3 Å². The number of amides is 1. The van der Waals surface area contributed by atoms with E-state index in [1.54, 1.807) is 36.4 Å². The van der Waals surface area contributed by atoms with Crippen LogP contribution in [0.4, 0.5) is 11.4 Å². The van der Waals surface area contributed by atoms with E-state index in [0.29, 0.717) is 11.1 Å². The molecule has 10 nitrogen and oxygen atoms in total. The van der Waals surface area contributed by atoms with E-state index in [2.05, 4.69) is 10.5 Å². The molecule has 1 amide bonds. The van der Waals surface area contributed by atoms with Gasteiger partial charge in [0.2, 0.25) is 5.75 Å². The molecule has 1 N–H and O–H groups in total. The van der Waals surface area contributed by atoms with Crippen LogP contribution in [0.1, 0.15) is 21.5 Å². The van der Waals surface area contributed by atoms with Crippen LogP contribution in [0.2, 0.25) is 0 Å². The van der Waals surface area contributed by atoms with Gasteiger partial charge in [-0.1, -0.05) is 18.2 Å². The van der Waals surface area contributed by atoms with Gasteiger partial charge in [-0.2, -0.15) is 5.10 Å². The minimum Gasteiger partial charge on any atom is -0.450 e. The van der Waals surface area contributed by atoms with Crippen LogP contribution in [0.15, 0.2) is 71.8 Å². The van der Waals surface area contributed by atoms with E-state index in [0.717, 1.165) is 17.7 Å². The molecule has 0 atom stereocenters. The summed E-state index contributed by atoms with van der Waals surface area (Å²) in [5, 5.41) is 25.9. The summed E-state index contributed by atoms with van der Waals surface area (Å²) in [6.45, 7) is 1.83. The lowest BCUT2D eigenvalue weighted by Crippen LogP contribution is -2.18. The first-order valence-corrected chi connectivity index (χ1v) is 8.95. The Morgan fingerprint density at radius 3 is 2.35 bits per heavy atom. The van der Waals surface area contributed by atoms with Gasteiger partial charge in [0.05, 0.1) is 22.1 Å². The Morgan fingerprint density at radius 1 is 1.00 bits per heavy atom. The van der Waals surface area contributed by atoms with Crippen LogP contribution in [0.3, 0.4) is 0 Å². The van der Waals surface area contributed by atoms with Gasteiger partial charge in [0, 0.05) is 11.6 Å². The summed E-state index contributed by atoms with van der Waals surface area (Å²) < 4.78 is 5.50. The molecule has 0 aliphatic carbocycles. The second kappa shape index (κ2) is 9.27. The van der Waals surface area contributed by atoms with Crippen molar-refractivity contribution in [3.8, 4) is 11.5 Å². The quantitative estimate of drug-likeness (QED) is 0.342. The van der Waals surface area contributed by atoms with Gasteiger partial charge in [0.25, 0.3) is 11.6 Å². The molecule has 3 aromatic rings. The second-order valence-corrected chi connectivity index (χ2v) is 6.35. The van der Waals surface area contributed by atoms with Gasteiger partial charge in [-0.05, 0) is 54.4 Å². The van der Waals surface area contributed by atoms with Crippen molar-refractivity contribution in [2.24, 2.45) is 5.10 Å². The summed E-state index contributed by atoms with van der Waals surface area (Å²) in [5.74, 6) is -0.166. The Hall–Kier alpha value is -4.60. The fraction of sp³-hybridized carbons (Fsp3) is 0.0476. The summed E-state index contributed by atoms with van der Waals surface area (Å²) in [7, 11) is 0. The first kappa shape index (κ1) is 21.1. The molecule has 0 radical (unpaired) electrons. The molecular weight excluding hydrogens is 404 g/mol. The highest BCUT2D eigenvalue weighted by Crippen LogP contribution is 2.34. The predicted molar refractivity (Wildman–Crippen MR) is 113 cm³/mol. The van der Waals surface area contributed by atoms with Gasteiger partial charge < -0.3 is 4.74 Å². The molecule has 3 rings (SSSR count). The van der Waals surface area contributed by atoms with Crippen molar-refractivity contribution < 1.29 is 19.4 Å². The number of non-ortho nitro benzene ring substituents is 1. The van der Waals surface area contributed by atoms with Crippen molar-refractivity contribution in [2.45, 2.75) is 6.92 Å². The number of nitrogens with zero attached hydrogens (tertiary/aromatic N) is 3. The second-order valence-electron chi connectivity index (χ2n) is 6.35. The van der Waals surface area contributed by atoms with Crippen LogP contribution in [-0.2, 0) is 0 Å². The monoisotopic (exact) mass is 420 g/mol. The maximum absolute atomic E-state index is 12.1. The number of nitrogens with one attached hydrogen (secondary N) is 1. The average Bonchev–Trinajstić information content (AvgIpc) is 2.75. The van der Waals surface area contributed by atoms with Crippen molar-refractivity contribution in [3.05, 3.63) is 104 Å². The minimum atomic E-state index is -0.750. The van der Waals surface area contributed by atoms with E-state index >= 15 is 0 Å². The summed E-state index contributed by atoms with van der Waals surface area (Å²) in [4.78, 5) is 32.7. The van der Waals surface area contributed by atoms with Crippen molar-refractivity contribution in [2.75, 3.05) is 0 Å². The summed E-state index contributed by atoms with van der Waals surface area (Å²) in [6, 6.07) is 16.6. The number of benzene rings is 3. The highest BCUT2D eigenvalue weighted by Gasteiger charge is 2.21. The number of carbonyl (C=O) groups excluding carboxylic acids is 1. The standard InChI is InChI=1S/C21H16N4O6/c1-14-4-2-3-5-18(14)21(26)23-22-13-15-6-9-17(10-7-15)31-20-11-8-16(24(27)28)12-19(20)25(29)30/h2-13H,1H3,(H,23,26)/b22-13+. The molecular formula is C21H16N4O6. The molecule has 0 unspecified atom stereocenters. The Bertz CT molecular complexity index is 1170. The van der Waals surface area contributed by atoms with Crippen LogP contribution in [0.25, 0.3) is 0 Å². The van der Waals surface area contributed by atoms with Gasteiger partial charge in [-0.3, -0.25) is 25.0 Å². The molecule has 3 aromatic carbocycles. The number of nitro benzene ring substituents is 2. The Kier molecular flexibility index (Phi) is 6.31. The van der Waals surface area contributed by atoms with Gasteiger partial charge in [-0.15, -0.1) is 0 Å².